The normalized spacial score (nSPS) is 11.6. The zero-order valence-electron chi connectivity index (χ0n) is 12.1. The minimum Gasteiger partial charge on any atom is -0.395 e. The third-order valence-electron chi connectivity index (χ3n) is 3.18. The Bertz CT molecular complexity index is 206. The van der Waals surface area contributed by atoms with Crippen molar-refractivity contribution in [3.05, 3.63) is 0 Å². The third-order valence-corrected chi connectivity index (χ3v) is 3.18. The molecule has 1 amide bonds. The predicted molar refractivity (Wildman–Crippen MR) is 71.7 cm³/mol. The Balaban J connectivity index is 4.65. The highest BCUT2D eigenvalue weighted by molar-refractivity contribution is 5.79. The SMILES string of the molecule is CCCCN(CCO)C(=O)C(C(C)C)C(C)C. The minimum atomic E-state index is 0.0539. The van der Waals surface area contributed by atoms with Crippen LogP contribution in [0.5, 0.6) is 0 Å². The highest BCUT2D eigenvalue weighted by Gasteiger charge is 2.29. The van der Waals surface area contributed by atoms with Gasteiger partial charge in [0.05, 0.1) is 6.61 Å². The third kappa shape index (κ3) is 5.53. The van der Waals surface area contributed by atoms with E-state index in [4.69, 9.17) is 5.11 Å². The van der Waals surface area contributed by atoms with Gasteiger partial charge in [0.1, 0.15) is 0 Å². The Morgan fingerprint density at radius 3 is 2.00 bits per heavy atom. The first kappa shape index (κ1) is 16.4. The molecule has 0 bridgehead atoms. The Kier molecular flexibility index (Phi) is 8.23. The van der Waals surface area contributed by atoms with Gasteiger partial charge in [0.25, 0.3) is 0 Å². The van der Waals surface area contributed by atoms with Crippen molar-refractivity contribution in [3.63, 3.8) is 0 Å². The number of aliphatic hydroxyl groups is 1. The molecule has 0 fully saturated rings. The standard InChI is InChI=1S/C14H29NO2/c1-6-7-8-15(9-10-16)14(17)13(11(2)3)12(4)5/h11-13,16H,6-10H2,1-5H3. The average Bonchev–Trinajstić information content (AvgIpc) is 2.22. The second-order valence-electron chi connectivity index (χ2n) is 5.42. The number of carbonyl (C=O) groups excluding carboxylic acids is 1. The summed E-state index contributed by atoms with van der Waals surface area (Å²) in [5.41, 5.74) is 0. The molecule has 0 atom stereocenters. The molecule has 0 heterocycles. The molecule has 0 aromatic heterocycles. The van der Waals surface area contributed by atoms with Gasteiger partial charge in [0.2, 0.25) is 5.91 Å². The molecule has 0 aromatic carbocycles. The fourth-order valence-electron chi connectivity index (χ4n) is 2.35. The number of hydrogen-bond acceptors (Lipinski definition) is 2. The summed E-state index contributed by atoms with van der Waals surface area (Å²) in [6.07, 6.45) is 2.08. The van der Waals surface area contributed by atoms with E-state index < -0.39 is 0 Å². The van der Waals surface area contributed by atoms with Gasteiger partial charge in [-0.05, 0) is 18.3 Å². The second-order valence-corrected chi connectivity index (χ2v) is 5.42. The van der Waals surface area contributed by atoms with Crippen LogP contribution < -0.4 is 0 Å². The van der Waals surface area contributed by atoms with E-state index in [1.807, 2.05) is 4.90 Å². The van der Waals surface area contributed by atoms with Crippen LogP contribution in [0.4, 0.5) is 0 Å². The zero-order valence-corrected chi connectivity index (χ0v) is 12.1. The quantitative estimate of drug-likeness (QED) is 0.711. The number of aliphatic hydroxyl groups excluding tert-OH is 1. The maximum absolute atomic E-state index is 12.4. The van der Waals surface area contributed by atoms with Crippen molar-refractivity contribution in [1.29, 1.82) is 0 Å². The van der Waals surface area contributed by atoms with Crippen LogP contribution in [0.1, 0.15) is 47.5 Å². The maximum Gasteiger partial charge on any atom is 0.226 e. The monoisotopic (exact) mass is 243 g/mol. The summed E-state index contributed by atoms with van der Waals surface area (Å²) in [6.45, 7) is 11.8. The van der Waals surface area contributed by atoms with E-state index >= 15 is 0 Å². The molecule has 0 saturated carbocycles. The van der Waals surface area contributed by atoms with Crippen molar-refractivity contribution in [2.75, 3.05) is 19.7 Å². The van der Waals surface area contributed by atoms with E-state index in [9.17, 15) is 4.79 Å². The van der Waals surface area contributed by atoms with Crippen molar-refractivity contribution in [3.8, 4) is 0 Å². The minimum absolute atomic E-state index is 0.0539. The molecule has 1 N–H and O–H groups in total. The lowest BCUT2D eigenvalue weighted by Gasteiger charge is -2.31. The van der Waals surface area contributed by atoms with E-state index in [2.05, 4.69) is 34.6 Å². The molecule has 0 unspecified atom stereocenters. The molecule has 0 aliphatic carbocycles. The van der Waals surface area contributed by atoms with Crippen molar-refractivity contribution < 1.29 is 9.90 Å². The Morgan fingerprint density at radius 1 is 1.12 bits per heavy atom. The van der Waals surface area contributed by atoms with Crippen molar-refractivity contribution in [2.45, 2.75) is 47.5 Å². The highest BCUT2D eigenvalue weighted by atomic mass is 16.3. The predicted octanol–water partition coefficient (Wildman–Crippen LogP) is 2.54. The molecule has 0 radical (unpaired) electrons. The smallest absolute Gasteiger partial charge is 0.226 e. The number of amides is 1. The molecular formula is C14H29NO2. The number of hydrogen-bond donors (Lipinski definition) is 1. The highest BCUT2D eigenvalue weighted by Crippen LogP contribution is 2.23. The first-order valence-electron chi connectivity index (χ1n) is 6.85. The van der Waals surface area contributed by atoms with Gasteiger partial charge < -0.3 is 10.0 Å². The van der Waals surface area contributed by atoms with Gasteiger partial charge in [-0.2, -0.15) is 0 Å². The molecule has 3 nitrogen and oxygen atoms in total. The van der Waals surface area contributed by atoms with Gasteiger partial charge in [-0.1, -0.05) is 41.0 Å². The number of rotatable bonds is 8. The van der Waals surface area contributed by atoms with Crippen LogP contribution in [0.3, 0.4) is 0 Å². The number of nitrogens with zero attached hydrogens (tertiary/aromatic N) is 1. The summed E-state index contributed by atoms with van der Waals surface area (Å²) in [5.74, 6) is 0.978. The maximum atomic E-state index is 12.4. The van der Waals surface area contributed by atoms with Crippen molar-refractivity contribution >= 4 is 5.91 Å². The Hall–Kier alpha value is -0.570. The lowest BCUT2D eigenvalue weighted by atomic mass is 9.84. The molecule has 0 aliphatic rings. The summed E-state index contributed by atoms with van der Waals surface area (Å²) >= 11 is 0. The lowest BCUT2D eigenvalue weighted by Crippen LogP contribution is -2.42. The first-order valence-corrected chi connectivity index (χ1v) is 6.85. The van der Waals surface area contributed by atoms with Crippen molar-refractivity contribution in [2.24, 2.45) is 17.8 Å². The van der Waals surface area contributed by atoms with E-state index in [-0.39, 0.29) is 18.4 Å². The summed E-state index contributed by atoms with van der Waals surface area (Å²) in [6, 6.07) is 0. The average molecular weight is 243 g/mol. The summed E-state index contributed by atoms with van der Waals surface area (Å²) in [7, 11) is 0. The van der Waals surface area contributed by atoms with Crippen molar-refractivity contribution in [1.82, 2.24) is 4.90 Å². The van der Waals surface area contributed by atoms with Crippen LogP contribution in [0.2, 0.25) is 0 Å². The fraction of sp³-hybridized carbons (Fsp3) is 0.929. The topological polar surface area (TPSA) is 40.5 Å². The number of unbranched alkanes of at least 4 members (excludes halogenated alkanes) is 1. The van der Waals surface area contributed by atoms with Gasteiger partial charge in [-0.25, -0.2) is 0 Å². The largest absolute Gasteiger partial charge is 0.395 e. The molecular weight excluding hydrogens is 214 g/mol. The molecule has 0 aliphatic heterocycles. The van der Waals surface area contributed by atoms with Gasteiger partial charge in [0, 0.05) is 19.0 Å². The summed E-state index contributed by atoms with van der Waals surface area (Å²) in [5, 5.41) is 9.05. The molecule has 102 valence electrons. The molecule has 17 heavy (non-hydrogen) atoms. The fourth-order valence-corrected chi connectivity index (χ4v) is 2.35. The van der Waals surface area contributed by atoms with E-state index in [0.29, 0.717) is 18.4 Å². The van der Waals surface area contributed by atoms with Gasteiger partial charge in [-0.15, -0.1) is 0 Å². The van der Waals surface area contributed by atoms with Gasteiger partial charge in [0.15, 0.2) is 0 Å². The Labute approximate surface area is 106 Å². The van der Waals surface area contributed by atoms with Crippen LogP contribution in [0.25, 0.3) is 0 Å². The molecule has 0 spiro atoms. The lowest BCUT2D eigenvalue weighted by molar-refractivity contribution is -0.139. The molecule has 0 saturated heterocycles. The van der Waals surface area contributed by atoms with Crippen LogP contribution in [-0.2, 0) is 4.79 Å². The van der Waals surface area contributed by atoms with Crippen LogP contribution >= 0.6 is 0 Å². The van der Waals surface area contributed by atoms with E-state index in [0.717, 1.165) is 19.4 Å². The Morgan fingerprint density at radius 2 is 1.65 bits per heavy atom. The summed E-state index contributed by atoms with van der Waals surface area (Å²) in [4.78, 5) is 14.3. The first-order chi connectivity index (χ1) is 7.95. The zero-order chi connectivity index (χ0) is 13.4. The summed E-state index contributed by atoms with van der Waals surface area (Å²) < 4.78 is 0. The van der Waals surface area contributed by atoms with Crippen LogP contribution in [-0.4, -0.2) is 35.6 Å². The van der Waals surface area contributed by atoms with Gasteiger partial charge in [-0.3, -0.25) is 4.79 Å². The van der Waals surface area contributed by atoms with E-state index in [1.54, 1.807) is 0 Å². The van der Waals surface area contributed by atoms with E-state index in [1.165, 1.54) is 0 Å². The number of carbonyl (C=O) groups is 1. The van der Waals surface area contributed by atoms with Gasteiger partial charge >= 0.3 is 0 Å². The molecule has 0 aromatic rings. The molecule has 3 heteroatoms. The molecule has 0 rings (SSSR count). The van der Waals surface area contributed by atoms with Crippen LogP contribution in [0, 0.1) is 17.8 Å². The van der Waals surface area contributed by atoms with Crippen LogP contribution in [0.15, 0.2) is 0 Å². The second kappa shape index (κ2) is 8.51.